The van der Waals surface area contributed by atoms with Crippen LogP contribution in [0.5, 0.6) is 0 Å². The van der Waals surface area contributed by atoms with E-state index in [1.807, 2.05) is 6.08 Å². The molecule has 0 saturated carbocycles. The Balaban J connectivity index is 2.90. The average Bonchev–Trinajstić information content (AvgIpc) is 2.89. The van der Waals surface area contributed by atoms with E-state index in [1.165, 1.54) is 36.0 Å². The zero-order chi connectivity index (χ0) is 15.2. The van der Waals surface area contributed by atoms with E-state index in [0.29, 0.717) is 5.92 Å². The predicted molar refractivity (Wildman–Crippen MR) is 90.9 cm³/mol. The molecule has 1 heteroatoms. The van der Waals surface area contributed by atoms with Gasteiger partial charge < -0.3 is 5.32 Å². The predicted octanol–water partition coefficient (Wildman–Crippen LogP) is 5.18. The van der Waals surface area contributed by atoms with Gasteiger partial charge in [-0.2, -0.15) is 0 Å². The molecule has 0 aromatic heterocycles. The van der Waals surface area contributed by atoms with Gasteiger partial charge in [-0.3, -0.25) is 0 Å². The lowest BCUT2D eigenvalue weighted by atomic mass is 9.91. The highest BCUT2D eigenvalue weighted by atomic mass is 14.9. The molecule has 1 N–H and O–H groups in total. The van der Waals surface area contributed by atoms with Crippen LogP contribution in [0.2, 0.25) is 0 Å². The van der Waals surface area contributed by atoms with E-state index in [2.05, 4.69) is 64.7 Å². The second kappa shape index (κ2) is 7.64. The molecule has 0 heterocycles. The van der Waals surface area contributed by atoms with E-state index in [9.17, 15) is 0 Å². The molecule has 0 spiro atoms. The van der Waals surface area contributed by atoms with Crippen molar-refractivity contribution in [3.05, 3.63) is 47.6 Å². The number of allylic oxidation sites excluding steroid dienone is 6. The van der Waals surface area contributed by atoms with Gasteiger partial charge in [0.15, 0.2) is 0 Å². The summed E-state index contributed by atoms with van der Waals surface area (Å²) in [6.07, 6.45) is 12.3. The summed E-state index contributed by atoms with van der Waals surface area (Å²) < 4.78 is 0. The molecule has 20 heavy (non-hydrogen) atoms. The van der Waals surface area contributed by atoms with Gasteiger partial charge in [0, 0.05) is 12.1 Å². The van der Waals surface area contributed by atoms with E-state index in [4.69, 9.17) is 0 Å². The number of nitrogens with one attached hydrogen (secondary N) is 1. The summed E-state index contributed by atoms with van der Waals surface area (Å²) in [7, 11) is 0. The van der Waals surface area contributed by atoms with Crippen molar-refractivity contribution in [2.24, 2.45) is 5.92 Å². The minimum Gasteiger partial charge on any atom is -0.311 e. The number of hydrogen-bond donors (Lipinski definition) is 1. The van der Waals surface area contributed by atoms with E-state index in [1.54, 1.807) is 0 Å². The quantitative estimate of drug-likeness (QED) is 0.657. The van der Waals surface area contributed by atoms with E-state index in [0.717, 1.165) is 6.54 Å². The van der Waals surface area contributed by atoms with Crippen molar-refractivity contribution in [1.29, 1.82) is 0 Å². The zero-order valence-corrected chi connectivity index (χ0v) is 13.9. The summed E-state index contributed by atoms with van der Waals surface area (Å²) in [4.78, 5) is 0. The van der Waals surface area contributed by atoms with Crippen molar-refractivity contribution in [2.45, 2.75) is 59.4 Å². The van der Waals surface area contributed by atoms with Crippen LogP contribution in [0.3, 0.4) is 0 Å². The molecule has 0 aliphatic heterocycles. The van der Waals surface area contributed by atoms with Gasteiger partial charge in [0.1, 0.15) is 0 Å². The highest BCUT2D eigenvalue weighted by molar-refractivity contribution is 5.41. The van der Waals surface area contributed by atoms with Crippen molar-refractivity contribution >= 4 is 0 Å². The van der Waals surface area contributed by atoms with Gasteiger partial charge in [0.05, 0.1) is 0 Å². The first kappa shape index (κ1) is 17.0. The van der Waals surface area contributed by atoms with Crippen LogP contribution >= 0.6 is 0 Å². The third-order valence-electron chi connectivity index (χ3n) is 3.84. The Morgan fingerprint density at radius 1 is 1.45 bits per heavy atom. The SMILES string of the molecule is C=C/C=C\C(=C(/C)C1=CCCC1)C(C)CNC(C)(C)C. The Morgan fingerprint density at radius 2 is 2.15 bits per heavy atom. The van der Waals surface area contributed by atoms with E-state index in [-0.39, 0.29) is 5.54 Å². The Morgan fingerprint density at radius 3 is 2.65 bits per heavy atom. The highest BCUT2D eigenvalue weighted by Gasteiger charge is 2.16. The molecular formula is C19H31N. The molecule has 1 unspecified atom stereocenters. The molecule has 1 atom stereocenters. The monoisotopic (exact) mass is 273 g/mol. The van der Waals surface area contributed by atoms with Gasteiger partial charge in [-0.25, -0.2) is 0 Å². The lowest BCUT2D eigenvalue weighted by Crippen LogP contribution is -2.39. The molecule has 1 aliphatic carbocycles. The Labute approximate surface area is 125 Å². The second-order valence-corrected chi connectivity index (χ2v) is 6.83. The van der Waals surface area contributed by atoms with Crippen LogP contribution in [0.1, 0.15) is 53.9 Å². The third-order valence-corrected chi connectivity index (χ3v) is 3.84. The van der Waals surface area contributed by atoms with Crippen LogP contribution in [-0.4, -0.2) is 12.1 Å². The lowest BCUT2D eigenvalue weighted by Gasteiger charge is -2.25. The minimum atomic E-state index is 0.169. The summed E-state index contributed by atoms with van der Waals surface area (Å²) in [5.41, 5.74) is 4.61. The molecule has 0 bridgehead atoms. The van der Waals surface area contributed by atoms with Crippen molar-refractivity contribution in [3.8, 4) is 0 Å². The van der Waals surface area contributed by atoms with Crippen LogP contribution in [0.15, 0.2) is 47.6 Å². The number of rotatable bonds is 6. The molecular weight excluding hydrogens is 242 g/mol. The molecule has 1 nitrogen and oxygen atoms in total. The fraction of sp³-hybridized carbons (Fsp3) is 0.579. The van der Waals surface area contributed by atoms with Crippen molar-refractivity contribution in [1.82, 2.24) is 5.32 Å². The van der Waals surface area contributed by atoms with Crippen molar-refractivity contribution < 1.29 is 0 Å². The largest absolute Gasteiger partial charge is 0.311 e. The molecule has 0 saturated heterocycles. The average molecular weight is 273 g/mol. The maximum absolute atomic E-state index is 3.79. The minimum absolute atomic E-state index is 0.169. The highest BCUT2D eigenvalue weighted by Crippen LogP contribution is 2.29. The maximum Gasteiger partial charge on any atom is 0.00967 e. The molecule has 0 radical (unpaired) electrons. The van der Waals surface area contributed by atoms with E-state index >= 15 is 0 Å². The summed E-state index contributed by atoms with van der Waals surface area (Å²) in [5.74, 6) is 0.506. The molecule has 0 amide bonds. The zero-order valence-electron chi connectivity index (χ0n) is 13.9. The van der Waals surface area contributed by atoms with Crippen LogP contribution in [0.4, 0.5) is 0 Å². The van der Waals surface area contributed by atoms with Crippen LogP contribution in [-0.2, 0) is 0 Å². The van der Waals surface area contributed by atoms with Crippen molar-refractivity contribution in [2.75, 3.05) is 6.54 Å². The van der Waals surface area contributed by atoms with Gasteiger partial charge in [0.2, 0.25) is 0 Å². The molecule has 112 valence electrons. The smallest absolute Gasteiger partial charge is 0.00967 e. The van der Waals surface area contributed by atoms with Crippen LogP contribution in [0.25, 0.3) is 0 Å². The maximum atomic E-state index is 3.79. The topological polar surface area (TPSA) is 12.0 Å². The molecule has 1 aliphatic rings. The normalized spacial score (nSPS) is 18.9. The Bertz CT molecular complexity index is 416. The van der Waals surface area contributed by atoms with Gasteiger partial charge in [-0.05, 0) is 69.6 Å². The Kier molecular flexibility index (Phi) is 6.48. The molecule has 1 rings (SSSR count). The first-order valence-corrected chi connectivity index (χ1v) is 7.79. The van der Waals surface area contributed by atoms with Gasteiger partial charge in [-0.1, -0.05) is 37.8 Å². The fourth-order valence-corrected chi connectivity index (χ4v) is 2.60. The number of hydrogen-bond acceptors (Lipinski definition) is 1. The standard InChI is InChI=1S/C19H31N/c1-7-8-13-18(15(2)14-20-19(4,5)6)16(3)17-11-9-10-12-17/h7-8,11,13,15,20H,1,9-10,12,14H2,2-6H3/b13-8-,18-16-. The molecule has 0 aromatic rings. The van der Waals surface area contributed by atoms with Crippen LogP contribution in [0, 0.1) is 5.92 Å². The molecule has 0 aromatic carbocycles. The summed E-state index contributed by atoms with van der Waals surface area (Å²) in [6, 6.07) is 0. The van der Waals surface area contributed by atoms with Crippen molar-refractivity contribution in [3.63, 3.8) is 0 Å². The fourth-order valence-electron chi connectivity index (χ4n) is 2.60. The first-order chi connectivity index (χ1) is 9.35. The molecule has 0 fully saturated rings. The first-order valence-electron chi connectivity index (χ1n) is 7.79. The van der Waals surface area contributed by atoms with Gasteiger partial charge in [-0.15, -0.1) is 0 Å². The van der Waals surface area contributed by atoms with E-state index < -0.39 is 0 Å². The van der Waals surface area contributed by atoms with Gasteiger partial charge in [0.25, 0.3) is 0 Å². The van der Waals surface area contributed by atoms with Gasteiger partial charge >= 0.3 is 0 Å². The third kappa shape index (κ3) is 5.50. The Hall–Kier alpha value is -1.08. The lowest BCUT2D eigenvalue weighted by molar-refractivity contribution is 0.401. The summed E-state index contributed by atoms with van der Waals surface area (Å²) in [6.45, 7) is 16.0. The second-order valence-electron chi connectivity index (χ2n) is 6.83. The van der Waals surface area contributed by atoms with Crippen LogP contribution < -0.4 is 5.32 Å². The summed E-state index contributed by atoms with van der Waals surface area (Å²) in [5, 5.41) is 3.61. The summed E-state index contributed by atoms with van der Waals surface area (Å²) >= 11 is 0.